The summed E-state index contributed by atoms with van der Waals surface area (Å²) < 4.78 is 2.33. The summed E-state index contributed by atoms with van der Waals surface area (Å²) in [4.78, 5) is 0. The van der Waals surface area contributed by atoms with Crippen molar-refractivity contribution in [2.75, 3.05) is 0 Å². The first-order chi connectivity index (χ1) is 12.8. The molecule has 0 spiro atoms. The second-order valence-corrected chi connectivity index (χ2v) is 5.84. The number of hydrogen-bond donors (Lipinski definition) is 0. The Balaban J connectivity index is 0.000000948. The van der Waals surface area contributed by atoms with Crippen molar-refractivity contribution < 1.29 is 0 Å². The molecule has 0 atom stereocenters. The smallest absolute Gasteiger partial charge is 0.0547 e. The summed E-state index contributed by atoms with van der Waals surface area (Å²) in [6.07, 6.45) is 8.04. The van der Waals surface area contributed by atoms with Crippen molar-refractivity contribution >= 4 is 38.3 Å². The van der Waals surface area contributed by atoms with Crippen molar-refractivity contribution in [3.63, 3.8) is 0 Å². The highest BCUT2D eigenvalue weighted by Gasteiger charge is 2.13. The molecule has 0 N–H and O–H groups in total. The summed E-state index contributed by atoms with van der Waals surface area (Å²) >= 11 is 0. The zero-order valence-corrected chi connectivity index (χ0v) is 15.7. The lowest BCUT2D eigenvalue weighted by Gasteiger charge is -2.08. The standard InChI is InChI=1S/C23H19N.C2H6/c1-3-5-11-18(4-2)24-21-14-9-8-13-20(21)23-19-12-7-6-10-17(19)15-16-22(23)24;1-2/h3-16H,1H2,2H3;1-2H3/b11-5-,18-4+;. The van der Waals surface area contributed by atoms with Gasteiger partial charge in [0.25, 0.3) is 0 Å². The van der Waals surface area contributed by atoms with E-state index in [-0.39, 0.29) is 0 Å². The second kappa shape index (κ2) is 7.88. The average Bonchev–Trinajstić information content (AvgIpc) is 3.05. The molecule has 0 amide bonds. The highest BCUT2D eigenvalue weighted by atomic mass is 15.0. The molecule has 4 aromatic rings. The van der Waals surface area contributed by atoms with Gasteiger partial charge in [-0.2, -0.15) is 0 Å². The number of rotatable bonds is 3. The minimum Gasteiger partial charge on any atom is -0.310 e. The lowest BCUT2D eigenvalue weighted by Crippen LogP contribution is -1.94. The van der Waals surface area contributed by atoms with Crippen LogP contribution in [-0.2, 0) is 0 Å². The minimum atomic E-state index is 1.15. The lowest BCUT2D eigenvalue weighted by atomic mass is 10.0. The van der Waals surface area contributed by atoms with E-state index >= 15 is 0 Å². The Morgan fingerprint density at radius 3 is 2.27 bits per heavy atom. The summed E-state index contributed by atoms with van der Waals surface area (Å²) in [7, 11) is 0. The van der Waals surface area contributed by atoms with Gasteiger partial charge in [-0.1, -0.05) is 87.2 Å². The van der Waals surface area contributed by atoms with Crippen molar-refractivity contribution in [2.24, 2.45) is 0 Å². The van der Waals surface area contributed by atoms with Crippen molar-refractivity contribution in [2.45, 2.75) is 20.8 Å². The molecule has 0 fully saturated rings. The van der Waals surface area contributed by atoms with Crippen LogP contribution in [0.5, 0.6) is 0 Å². The lowest BCUT2D eigenvalue weighted by molar-refractivity contribution is 1.23. The zero-order valence-electron chi connectivity index (χ0n) is 15.7. The fourth-order valence-corrected chi connectivity index (χ4v) is 3.48. The highest BCUT2D eigenvalue weighted by molar-refractivity contribution is 6.21. The molecule has 0 aliphatic rings. The van der Waals surface area contributed by atoms with Gasteiger partial charge in [0.1, 0.15) is 0 Å². The number of benzene rings is 3. The number of allylic oxidation sites excluding steroid dienone is 5. The van der Waals surface area contributed by atoms with Gasteiger partial charge in [-0.3, -0.25) is 0 Å². The third kappa shape index (κ3) is 2.86. The number of fused-ring (bicyclic) bond motifs is 5. The van der Waals surface area contributed by atoms with E-state index < -0.39 is 0 Å². The number of aromatic nitrogens is 1. The highest BCUT2D eigenvalue weighted by Crippen LogP contribution is 2.36. The first kappa shape index (κ1) is 17.8. The van der Waals surface area contributed by atoms with Crippen molar-refractivity contribution in [3.8, 4) is 0 Å². The van der Waals surface area contributed by atoms with Crippen LogP contribution in [0.15, 0.2) is 91.5 Å². The van der Waals surface area contributed by atoms with E-state index in [4.69, 9.17) is 0 Å². The van der Waals surface area contributed by atoms with Gasteiger partial charge < -0.3 is 4.57 Å². The molecule has 0 unspecified atom stereocenters. The molecule has 0 radical (unpaired) electrons. The van der Waals surface area contributed by atoms with E-state index in [9.17, 15) is 0 Å². The zero-order chi connectivity index (χ0) is 18.5. The summed E-state index contributed by atoms with van der Waals surface area (Å²) in [6.45, 7) is 9.86. The van der Waals surface area contributed by atoms with Crippen molar-refractivity contribution in [1.29, 1.82) is 0 Å². The van der Waals surface area contributed by atoms with Crippen LogP contribution in [0.3, 0.4) is 0 Å². The summed E-state index contributed by atoms with van der Waals surface area (Å²) in [6, 6.07) is 21.6. The van der Waals surface area contributed by atoms with Crippen molar-refractivity contribution in [3.05, 3.63) is 91.5 Å². The normalized spacial score (nSPS) is 11.9. The molecule has 3 aromatic carbocycles. The van der Waals surface area contributed by atoms with Crippen LogP contribution in [-0.4, -0.2) is 4.57 Å². The molecule has 0 bridgehead atoms. The monoisotopic (exact) mass is 339 g/mol. The molecule has 1 aromatic heterocycles. The molecule has 0 saturated heterocycles. The Morgan fingerprint density at radius 2 is 1.54 bits per heavy atom. The van der Waals surface area contributed by atoms with E-state index in [1.807, 2.05) is 26.0 Å². The molecule has 4 rings (SSSR count). The Labute approximate surface area is 155 Å². The summed E-state index contributed by atoms with van der Waals surface area (Å²) in [5.41, 5.74) is 3.61. The van der Waals surface area contributed by atoms with Crippen LogP contribution >= 0.6 is 0 Å². The van der Waals surface area contributed by atoms with Gasteiger partial charge in [0.15, 0.2) is 0 Å². The Morgan fingerprint density at radius 1 is 0.846 bits per heavy atom. The largest absolute Gasteiger partial charge is 0.310 e. The van der Waals surface area contributed by atoms with Gasteiger partial charge in [-0.25, -0.2) is 0 Å². The molecule has 0 aliphatic carbocycles. The van der Waals surface area contributed by atoms with E-state index in [1.54, 1.807) is 0 Å². The summed E-state index contributed by atoms with van der Waals surface area (Å²) in [5, 5.41) is 5.18. The van der Waals surface area contributed by atoms with Gasteiger partial charge in [-0.05, 0) is 35.9 Å². The molecule has 1 nitrogen and oxygen atoms in total. The number of hydrogen-bond acceptors (Lipinski definition) is 0. The van der Waals surface area contributed by atoms with Gasteiger partial charge >= 0.3 is 0 Å². The maximum absolute atomic E-state index is 3.79. The Bertz CT molecular complexity index is 1120. The van der Waals surface area contributed by atoms with Crippen LogP contribution in [0.1, 0.15) is 20.8 Å². The van der Waals surface area contributed by atoms with Crippen LogP contribution in [0.2, 0.25) is 0 Å². The molecule has 130 valence electrons. The molecule has 0 aliphatic heterocycles. The fourth-order valence-electron chi connectivity index (χ4n) is 3.48. The topological polar surface area (TPSA) is 4.93 Å². The van der Waals surface area contributed by atoms with Crippen molar-refractivity contribution in [1.82, 2.24) is 4.57 Å². The van der Waals surface area contributed by atoms with Gasteiger partial charge in [0.05, 0.1) is 11.0 Å². The fraction of sp³-hybridized carbons (Fsp3) is 0.120. The van der Waals surface area contributed by atoms with Gasteiger partial charge in [0, 0.05) is 16.5 Å². The molecule has 0 saturated carbocycles. The average molecular weight is 339 g/mol. The van der Waals surface area contributed by atoms with E-state index in [0.717, 1.165) is 5.70 Å². The van der Waals surface area contributed by atoms with Crippen LogP contribution in [0.25, 0.3) is 38.3 Å². The Hall–Kier alpha value is -3.06. The third-order valence-electron chi connectivity index (χ3n) is 4.52. The molecule has 1 heteroatoms. The summed E-state index contributed by atoms with van der Waals surface area (Å²) in [5.74, 6) is 0. The SMILES string of the molecule is C=C/C=C\C(=C/C)n1c2ccccc2c2c3ccccc3ccc21.CC. The van der Waals surface area contributed by atoms with Crippen LogP contribution < -0.4 is 0 Å². The van der Waals surface area contributed by atoms with E-state index in [1.165, 1.54) is 32.6 Å². The number of para-hydroxylation sites is 1. The minimum absolute atomic E-state index is 1.15. The predicted octanol–water partition coefficient (Wildman–Crippen LogP) is 7.58. The maximum Gasteiger partial charge on any atom is 0.0547 e. The number of nitrogens with zero attached hydrogens (tertiary/aromatic N) is 1. The second-order valence-electron chi connectivity index (χ2n) is 5.84. The van der Waals surface area contributed by atoms with Gasteiger partial charge in [0.2, 0.25) is 0 Å². The maximum atomic E-state index is 3.79. The molecular formula is C25H25N. The van der Waals surface area contributed by atoms with E-state index in [2.05, 4.69) is 90.9 Å². The van der Waals surface area contributed by atoms with Gasteiger partial charge in [-0.15, -0.1) is 0 Å². The molecular weight excluding hydrogens is 314 g/mol. The molecule has 26 heavy (non-hydrogen) atoms. The first-order valence-electron chi connectivity index (χ1n) is 9.22. The van der Waals surface area contributed by atoms with Crippen LogP contribution in [0.4, 0.5) is 0 Å². The third-order valence-corrected chi connectivity index (χ3v) is 4.52. The van der Waals surface area contributed by atoms with E-state index in [0.29, 0.717) is 0 Å². The van der Waals surface area contributed by atoms with Crippen LogP contribution in [0, 0.1) is 0 Å². The quantitative estimate of drug-likeness (QED) is 0.339. The Kier molecular flexibility index (Phi) is 5.38. The predicted molar refractivity (Wildman–Crippen MR) is 118 cm³/mol. The molecule has 1 heterocycles. The first-order valence-corrected chi connectivity index (χ1v) is 9.22.